The van der Waals surface area contributed by atoms with Gasteiger partial charge in [0.2, 0.25) is 0 Å². The van der Waals surface area contributed by atoms with Gasteiger partial charge >= 0.3 is 0 Å². The van der Waals surface area contributed by atoms with Crippen LogP contribution < -0.4 is 10.6 Å². The van der Waals surface area contributed by atoms with Crippen molar-refractivity contribution in [1.29, 1.82) is 0 Å². The predicted molar refractivity (Wildman–Crippen MR) is 112 cm³/mol. The second-order valence-electron chi connectivity index (χ2n) is 6.70. The van der Waals surface area contributed by atoms with Crippen LogP contribution >= 0.6 is 0 Å². The third kappa shape index (κ3) is 6.44. The van der Waals surface area contributed by atoms with Crippen LogP contribution in [0.3, 0.4) is 0 Å². The van der Waals surface area contributed by atoms with Gasteiger partial charge in [-0.2, -0.15) is 0 Å². The molecular formula is C22H30N4O. The summed E-state index contributed by atoms with van der Waals surface area (Å²) in [6.07, 6.45) is 0.823. The van der Waals surface area contributed by atoms with Gasteiger partial charge in [-0.25, -0.2) is 4.99 Å². The van der Waals surface area contributed by atoms with E-state index in [1.54, 1.807) is 19.0 Å². The Labute approximate surface area is 162 Å². The lowest BCUT2D eigenvalue weighted by Crippen LogP contribution is -2.38. The molecule has 0 aliphatic rings. The Morgan fingerprint density at radius 1 is 1.07 bits per heavy atom. The zero-order valence-corrected chi connectivity index (χ0v) is 16.7. The van der Waals surface area contributed by atoms with Gasteiger partial charge in [0.05, 0.1) is 6.54 Å². The van der Waals surface area contributed by atoms with E-state index in [-0.39, 0.29) is 5.91 Å². The summed E-state index contributed by atoms with van der Waals surface area (Å²) in [5, 5.41) is 6.66. The van der Waals surface area contributed by atoms with Crippen molar-refractivity contribution < 1.29 is 4.79 Å². The first-order chi connectivity index (χ1) is 13.0. The molecule has 5 heteroatoms. The second-order valence-corrected chi connectivity index (χ2v) is 6.70. The van der Waals surface area contributed by atoms with Crippen LogP contribution in [0.4, 0.5) is 0 Å². The van der Waals surface area contributed by atoms with Crippen molar-refractivity contribution in [1.82, 2.24) is 15.5 Å². The molecule has 0 heterocycles. The normalized spacial score (nSPS) is 11.2. The molecule has 2 aromatic carbocycles. The van der Waals surface area contributed by atoms with Crippen LogP contribution in [0, 0.1) is 6.92 Å². The highest BCUT2D eigenvalue weighted by Crippen LogP contribution is 2.09. The molecule has 0 spiro atoms. The highest BCUT2D eigenvalue weighted by Gasteiger charge is 2.08. The van der Waals surface area contributed by atoms with Gasteiger partial charge in [0.25, 0.3) is 5.91 Å². The molecule has 2 rings (SSSR count). The number of benzene rings is 2. The average Bonchev–Trinajstić information content (AvgIpc) is 2.66. The topological polar surface area (TPSA) is 56.7 Å². The van der Waals surface area contributed by atoms with Crippen LogP contribution in [0.1, 0.15) is 34.0 Å². The van der Waals surface area contributed by atoms with Gasteiger partial charge in [0, 0.05) is 32.7 Å². The van der Waals surface area contributed by atoms with Crippen molar-refractivity contribution in [2.24, 2.45) is 4.99 Å². The molecule has 0 unspecified atom stereocenters. The van der Waals surface area contributed by atoms with E-state index in [1.165, 1.54) is 11.1 Å². The quantitative estimate of drug-likeness (QED) is 0.585. The molecule has 2 N–H and O–H groups in total. The Morgan fingerprint density at radius 3 is 2.56 bits per heavy atom. The molecule has 0 atom stereocenters. The Bertz CT molecular complexity index is 783. The number of carbonyl (C=O) groups excluding carboxylic acids is 1. The third-order valence-electron chi connectivity index (χ3n) is 4.30. The number of rotatable bonds is 7. The fraction of sp³-hybridized carbons (Fsp3) is 0.364. The molecule has 0 fully saturated rings. The molecule has 5 nitrogen and oxygen atoms in total. The van der Waals surface area contributed by atoms with E-state index in [0.717, 1.165) is 36.6 Å². The standard InChI is InChI=1S/C22H30N4O/c1-5-23-22(25-16-20-11-7-6-9-17(20)2)24-14-13-18-10-8-12-19(15-18)21(27)26(3)4/h6-12,15H,5,13-14,16H2,1-4H3,(H2,23,24,25). The first kappa shape index (κ1) is 20.5. The van der Waals surface area contributed by atoms with E-state index in [2.05, 4.69) is 41.6 Å². The Balaban J connectivity index is 1.94. The highest BCUT2D eigenvalue weighted by atomic mass is 16.2. The van der Waals surface area contributed by atoms with Gasteiger partial charge in [-0.3, -0.25) is 4.79 Å². The number of nitrogens with one attached hydrogen (secondary N) is 2. The minimum absolute atomic E-state index is 0.0259. The molecule has 1 amide bonds. The van der Waals surface area contributed by atoms with Crippen LogP contribution in [-0.2, 0) is 13.0 Å². The minimum atomic E-state index is 0.0259. The third-order valence-corrected chi connectivity index (χ3v) is 4.30. The van der Waals surface area contributed by atoms with E-state index in [9.17, 15) is 4.79 Å². The molecular weight excluding hydrogens is 336 g/mol. The number of carbonyl (C=O) groups is 1. The van der Waals surface area contributed by atoms with E-state index in [4.69, 9.17) is 0 Å². The summed E-state index contributed by atoms with van der Waals surface area (Å²) < 4.78 is 0. The van der Waals surface area contributed by atoms with Crippen molar-refractivity contribution in [2.75, 3.05) is 27.2 Å². The predicted octanol–water partition coefficient (Wildman–Crippen LogP) is 2.99. The summed E-state index contributed by atoms with van der Waals surface area (Å²) in [6, 6.07) is 16.1. The summed E-state index contributed by atoms with van der Waals surface area (Å²) in [6.45, 7) is 6.37. The largest absolute Gasteiger partial charge is 0.357 e. The second kappa shape index (κ2) is 10.4. The molecule has 0 bridgehead atoms. The van der Waals surface area contributed by atoms with Crippen LogP contribution in [0.25, 0.3) is 0 Å². The number of aliphatic imine (C=N–C) groups is 1. The smallest absolute Gasteiger partial charge is 0.253 e. The maximum atomic E-state index is 12.1. The van der Waals surface area contributed by atoms with Gasteiger partial charge in [-0.05, 0) is 49.1 Å². The van der Waals surface area contributed by atoms with E-state index >= 15 is 0 Å². The zero-order valence-electron chi connectivity index (χ0n) is 16.7. The van der Waals surface area contributed by atoms with Crippen molar-refractivity contribution in [2.45, 2.75) is 26.8 Å². The minimum Gasteiger partial charge on any atom is -0.357 e. The molecule has 0 saturated carbocycles. The molecule has 0 saturated heterocycles. The summed E-state index contributed by atoms with van der Waals surface area (Å²) in [4.78, 5) is 18.4. The first-order valence-electron chi connectivity index (χ1n) is 9.38. The van der Waals surface area contributed by atoms with Crippen molar-refractivity contribution in [3.05, 3.63) is 70.8 Å². The Kier molecular flexibility index (Phi) is 7.86. The van der Waals surface area contributed by atoms with Gasteiger partial charge in [0.15, 0.2) is 5.96 Å². The van der Waals surface area contributed by atoms with Crippen LogP contribution in [0.2, 0.25) is 0 Å². The number of nitrogens with zero attached hydrogens (tertiary/aromatic N) is 2. The van der Waals surface area contributed by atoms with Crippen LogP contribution in [0.15, 0.2) is 53.5 Å². The van der Waals surface area contributed by atoms with E-state index in [1.807, 2.05) is 36.4 Å². The summed E-state index contributed by atoms with van der Waals surface area (Å²) in [5.41, 5.74) is 4.33. The number of hydrogen-bond donors (Lipinski definition) is 2. The fourth-order valence-electron chi connectivity index (χ4n) is 2.74. The monoisotopic (exact) mass is 366 g/mol. The molecule has 144 valence electrons. The maximum Gasteiger partial charge on any atom is 0.253 e. The van der Waals surface area contributed by atoms with Crippen molar-refractivity contribution >= 4 is 11.9 Å². The molecule has 0 aliphatic heterocycles. The number of amides is 1. The lowest BCUT2D eigenvalue weighted by molar-refractivity contribution is 0.0827. The lowest BCUT2D eigenvalue weighted by atomic mass is 10.1. The molecule has 2 aromatic rings. The van der Waals surface area contributed by atoms with E-state index in [0.29, 0.717) is 6.54 Å². The summed E-state index contributed by atoms with van der Waals surface area (Å²) in [5.74, 6) is 0.833. The van der Waals surface area contributed by atoms with Crippen molar-refractivity contribution in [3.8, 4) is 0 Å². The van der Waals surface area contributed by atoms with Crippen LogP contribution in [0.5, 0.6) is 0 Å². The molecule has 0 radical (unpaired) electrons. The SMILES string of the molecule is CCNC(=NCc1ccccc1C)NCCc1cccc(C(=O)N(C)C)c1. The lowest BCUT2D eigenvalue weighted by Gasteiger charge is -2.13. The van der Waals surface area contributed by atoms with Crippen LogP contribution in [-0.4, -0.2) is 44.0 Å². The molecule has 27 heavy (non-hydrogen) atoms. The fourth-order valence-corrected chi connectivity index (χ4v) is 2.74. The van der Waals surface area contributed by atoms with Gasteiger partial charge in [0.1, 0.15) is 0 Å². The molecule has 0 aliphatic carbocycles. The number of guanidine groups is 1. The molecule has 0 aromatic heterocycles. The highest BCUT2D eigenvalue weighted by molar-refractivity contribution is 5.94. The first-order valence-corrected chi connectivity index (χ1v) is 9.38. The van der Waals surface area contributed by atoms with Gasteiger partial charge < -0.3 is 15.5 Å². The maximum absolute atomic E-state index is 12.1. The van der Waals surface area contributed by atoms with E-state index < -0.39 is 0 Å². The van der Waals surface area contributed by atoms with Crippen molar-refractivity contribution in [3.63, 3.8) is 0 Å². The number of hydrogen-bond acceptors (Lipinski definition) is 2. The zero-order chi connectivity index (χ0) is 19.6. The summed E-state index contributed by atoms with van der Waals surface area (Å²) in [7, 11) is 3.54. The van der Waals surface area contributed by atoms with Gasteiger partial charge in [-0.1, -0.05) is 36.4 Å². The Morgan fingerprint density at radius 2 is 1.85 bits per heavy atom. The summed E-state index contributed by atoms with van der Waals surface area (Å²) >= 11 is 0. The Hall–Kier alpha value is -2.82. The number of aryl methyl sites for hydroxylation is 1. The van der Waals surface area contributed by atoms with Gasteiger partial charge in [-0.15, -0.1) is 0 Å². The average molecular weight is 367 g/mol.